The van der Waals surface area contributed by atoms with Crippen molar-refractivity contribution in [1.29, 1.82) is 0 Å². The number of hydrogen-bond acceptors (Lipinski definition) is 2. The van der Waals surface area contributed by atoms with E-state index in [-0.39, 0.29) is 0 Å². The molecule has 0 radical (unpaired) electrons. The Balaban J connectivity index is 2.09. The van der Waals surface area contributed by atoms with Crippen LogP contribution in [-0.2, 0) is 18.4 Å². The maximum Gasteiger partial charge on any atom is 0.125 e. The molecule has 0 saturated heterocycles. The lowest BCUT2D eigenvalue weighted by Crippen LogP contribution is -2.34. The lowest BCUT2D eigenvalue weighted by Gasteiger charge is -2.36. The Morgan fingerprint density at radius 3 is 2.52 bits per heavy atom. The monoisotopic (exact) mass is 282 g/mol. The van der Waals surface area contributed by atoms with Gasteiger partial charge in [0, 0.05) is 12.0 Å². The number of rotatable bonds is 2. The Bertz CT molecular complexity index is 675. The molecule has 1 aliphatic rings. The summed E-state index contributed by atoms with van der Waals surface area (Å²) in [7, 11) is 1.68. The van der Waals surface area contributed by atoms with Crippen molar-refractivity contribution in [2.24, 2.45) is 0 Å². The molecule has 0 heterocycles. The summed E-state index contributed by atoms with van der Waals surface area (Å²) in [6.07, 6.45) is 2.30. The topological polar surface area (TPSA) is 29.5 Å². The third-order valence-corrected chi connectivity index (χ3v) is 4.54. The molecule has 110 valence electrons. The molecular formula is C19H22O2. The SMILES string of the molecule is COc1cc(C)cc(C)c1C1(O)CCc2ccccc2C1. The average molecular weight is 282 g/mol. The summed E-state index contributed by atoms with van der Waals surface area (Å²) in [5, 5.41) is 11.3. The molecule has 0 spiro atoms. The fraction of sp³-hybridized carbons (Fsp3) is 0.368. The molecule has 2 nitrogen and oxygen atoms in total. The molecule has 0 bridgehead atoms. The molecule has 2 aromatic rings. The minimum absolute atomic E-state index is 0.656. The van der Waals surface area contributed by atoms with E-state index in [0.717, 1.165) is 35.3 Å². The van der Waals surface area contributed by atoms with E-state index in [0.29, 0.717) is 6.42 Å². The van der Waals surface area contributed by atoms with Gasteiger partial charge in [0.05, 0.1) is 12.7 Å². The van der Waals surface area contributed by atoms with E-state index in [1.54, 1.807) is 7.11 Å². The lowest BCUT2D eigenvalue weighted by molar-refractivity contribution is 0.0194. The van der Waals surface area contributed by atoms with Gasteiger partial charge in [-0.3, -0.25) is 0 Å². The van der Waals surface area contributed by atoms with Crippen molar-refractivity contribution in [2.45, 2.75) is 38.7 Å². The molecule has 0 aliphatic heterocycles. The van der Waals surface area contributed by atoms with Crippen LogP contribution in [0.15, 0.2) is 36.4 Å². The van der Waals surface area contributed by atoms with Gasteiger partial charge in [-0.15, -0.1) is 0 Å². The predicted octanol–water partition coefficient (Wildman–Crippen LogP) is 3.69. The van der Waals surface area contributed by atoms with Crippen LogP contribution in [0.4, 0.5) is 0 Å². The van der Waals surface area contributed by atoms with Crippen LogP contribution in [0.2, 0.25) is 0 Å². The van der Waals surface area contributed by atoms with Crippen LogP contribution in [-0.4, -0.2) is 12.2 Å². The molecule has 3 rings (SSSR count). The van der Waals surface area contributed by atoms with E-state index >= 15 is 0 Å². The maximum absolute atomic E-state index is 11.3. The van der Waals surface area contributed by atoms with Crippen LogP contribution in [0.1, 0.15) is 34.2 Å². The second-order valence-electron chi connectivity index (χ2n) is 6.14. The van der Waals surface area contributed by atoms with Crippen molar-refractivity contribution >= 4 is 0 Å². The van der Waals surface area contributed by atoms with Gasteiger partial charge in [0.1, 0.15) is 5.75 Å². The van der Waals surface area contributed by atoms with E-state index in [2.05, 4.69) is 38.1 Å². The van der Waals surface area contributed by atoms with Crippen LogP contribution in [0.5, 0.6) is 5.75 Å². The zero-order valence-corrected chi connectivity index (χ0v) is 12.9. The van der Waals surface area contributed by atoms with Gasteiger partial charge in [-0.05, 0) is 55.0 Å². The molecule has 0 aromatic heterocycles. The molecule has 1 aliphatic carbocycles. The molecule has 2 heteroatoms. The Morgan fingerprint density at radius 1 is 1.10 bits per heavy atom. The first-order chi connectivity index (χ1) is 10.0. The van der Waals surface area contributed by atoms with Crippen molar-refractivity contribution in [3.8, 4) is 5.75 Å². The first-order valence-electron chi connectivity index (χ1n) is 7.48. The summed E-state index contributed by atoms with van der Waals surface area (Å²) < 4.78 is 5.55. The van der Waals surface area contributed by atoms with E-state index in [4.69, 9.17) is 4.74 Å². The quantitative estimate of drug-likeness (QED) is 0.910. The molecule has 1 unspecified atom stereocenters. The average Bonchev–Trinajstić information content (AvgIpc) is 2.45. The number of methoxy groups -OCH3 is 1. The van der Waals surface area contributed by atoms with Crippen LogP contribution < -0.4 is 4.74 Å². The number of aryl methyl sites for hydroxylation is 3. The van der Waals surface area contributed by atoms with Gasteiger partial charge in [0.25, 0.3) is 0 Å². The zero-order valence-electron chi connectivity index (χ0n) is 12.9. The van der Waals surface area contributed by atoms with Crippen molar-refractivity contribution in [3.05, 3.63) is 64.2 Å². The molecular weight excluding hydrogens is 260 g/mol. The molecule has 21 heavy (non-hydrogen) atoms. The summed E-state index contributed by atoms with van der Waals surface area (Å²) in [5.41, 5.74) is 4.98. The summed E-state index contributed by atoms with van der Waals surface area (Å²) in [6, 6.07) is 12.5. The highest BCUT2D eigenvalue weighted by molar-refractivity contribution is 5.48. The highest BCUT2D eigenvalue weighted by Crippen LogP contribution is 2.42. The summed E-state index contributed by atoms with van der Waals surface area (Å²) >= 11 is 0. The van der Waals surface area contributed by atoms with Gasteiger partial charge in [-0.2, -0.15) is 0 Å². The highest BCUT2D eigenvalue weighted by atomic mass is 16.5. The number of aliphatic hydroxyl groups is 1. The van der Waals surface area contributed by atoms with E-state index in [1.165, 1.54) is 11.1 Å². The minimum Gasteiger partial charge on any atom is -0.496 e. The molecule has 2 aromatic carbocycles. The first kappa shape index (κ1) is 14.2. The zero-order chi connectivity index (χ0) is 15.0. The van der Waals surface area contributed by atoms with Crippen LogP contribution in [0, 0.1) is 13.8 Å². The van der Waals surface area contributed by atoms with Gasteiger partial charge in [-0.1, -0.05) is 30.3 Å². The van der Waals surface area contributed by atoms with Crippen molar-refractivity contribution in [2.75, 3.05) is 7.11 Å². The van der Waals surface area contributed by atoms with Crippen LogP contribution >= 0.6 is 0 Å². The van der Waals surface area contributed by atoms with Crippen molar-refractivity contribution < 1.29 is 9.84 Å². The third-order valence-electron chi connectivity index (χ3n) is 4.54. The summed E-state index contributed by atoms with van der Waals surface area (Å²) in [4.78, 5) is 0. The van der Waals surface area contributed by atoms with Crippen LogP contribution in [0.25, 0.3) is 0 Å². The van der Waals surface area contributed by atoms with Gasteiger partial charge in [0.2, 0.25) is 0 Å². The van der Waals surface area contributed by atoms with Gasteiger partial charge in [-0.25, -0.2) is 0 Å². The molecule has 0 amide bonds. The molecule has 1 atom stereocenters. The number of hydrogen-bond donors (Lipinski definition) is 1. The second-order valence-corrected chi connectivity index (χ2v) is 6.14. The standard InChI is InChI=1S/C19H22O2/c1-13-10-14(2)18(17(11-13)21-3)19(20)9-8-15-6-4-5-7-16(15)12-19/h4-7,10-11,20H,8-9,12H2,1-3H3. The Morgan fingerprint density at radius 2 is 1.81 bits per heavy atom. The number of fused-ring (bicyclic) bond motifs is 1. The third kappa shape index (κ3) is 2.44. The highest BCUT2D eigenvalue weighted by Gasteiger charge is 2.37. The lowest BCUT2D eigenvalue weighted by atomic mass is 9.74. The van der Waals surface area contributed by atoms with Crippen LogP contribution in [0.3, 0.4) is 0 Å². The maximum atomic E-state index is 11.3. The Kier molecular flexibility index (Phi) is 3.50. The summed E-state index contributed by atoms with van der Waals surface area (Å²) in [5.74, 6) is 0.800. The first-order valence-corrected chi connectivity index (χ1v) is 7.48. The van der Waals surface area contributed by atoms with Crippen molar-refractivity contribution in [3.63, 3.8) is 0 Å². The number of benzene rings is 2. The van der Waals surface area contributed by atoms with Gasteiger partial charge >= 0.3 is 0 Å². The smallest absolute Gasteiger partial charge is 0.125 e. The molecule has 0 fully saturated rings. The van der Waals surface area contributed by atoms with E-state index < -0.39 is 5.60 Å². The Labute approximate surface area is 126 Å². The largest absolute Gasteiger partial charge is 0.496 e. The Hall–Kier alpha value is -1.80. The van der Waals surface area contributed by atoms with E-state index in [9.17, 15) is 5.11 Å². The minimum atomic E-state index is -0.836. The van der Waals surface area contributed by atoms with Gasteiger partial charge in [0.15, 0.2) is 0 Å². The fourth-order valence-electron chi connectivity index (χ4n) is 3.62. The second kappa shape index (κ2) is 5.19. The van der Waals surface area contributed by atoms with Gasteiger partial charge < -0.3 is 9.84 Å². The molecule has 1 N–H and O–H groups in total. The summed E-state index contributed by atoms with van der Waals surface area (Å²) in [6.45, 7) is 4.11. The number of ether oxygens (including phenoxy) is 1. The van der Waals surface area contributed by atoms with Crippen molar-refractivity contribution in [1.82, 2.24) is 0 Å². The fourth-order valence-corrected chi connectivity index (χ4v) is 3.62. The molecule has 0 saturated carbocycles. The normalized spacial score (nSPS) is 21.0. The van der Waals surface area contributed by atoms with E-state index in [1.807, 2.05) is 12.1 Å². The predicted molar refractivity (Wildman–Crippen MR) is 84.8 cm³/mol.